The third-order valence-corrected chi connectivity index (χ3v) is 4.04. The third-order valence-electron chi connectivity index (χ3n) is 4.04. The lowest BCUT2D eigenvalue weighted by atomic mass is 10.1. The smallest absolute Gasteiger partial charge is 0.0462 e. The Morgan fingerprint density at radius 1 is 1.25 bits per heavy atom. The summed E-state index contributed by atoms with van der Waals surface area (Å²) < 4.78 is 5.07. The first kappa shape index (κ1) is 15.5. The summed E-state index contributed by atoms with van der Waals surface area (Å²) in [6.45, 7) is 5.64. The van der Waals surface area contributed by atoms with Crippen LogP contribution in [0.15, 0.2) is 30.3 Å². The molecule has 0 amide bonds. The van der Waals surface area contributed by atoms with Gasteiger partial charge in [-0.05, 0) is 44.3 Å². The minimum atomic E-state index is 0.688. The molecule has 1 aliphatic rings. The monoisotopic (exact) mass is 276 g/mol. The standard InChI is InChI=1S/C17H28N2O/c1-20-14-6-5-11-18-17-10-13-19(15-17)12-9-16-7-3-2-4-8-16/h2-4,7-8,17-18H,5-6,9-15H2,1H3. The van der Waals surface area contributed by atoms with E-state index in [4.69, 9.17) is 4.74 Å². The Hall–Kier alpha value is -0.900. The van der Waals surface area contributed by atoms with Crippen molar-refractivity contribution in [1.29, 1.82) is 0 Å². The number of methoxy groups -OCH3 is 1. The number of unbranched alkanes of at least 4 members (excludes halogenated alkanes) is 1. The molecule has 0 aliphatic carbocycles. The number of nitrogens with one attached hydrogen (secondary N) is 1. The SMILES string of the molecule is COCCCCNC1CCN(CCc2ccccc2)C1. The van der Waals surface area contributed by atoms with Gasteiger partial charge in [0.25, 0.3) is 0 Å². The van der Waals surface area contributed by atoms with E-state index in [1.807, 2.05) is 0 Å². The molecule has 3 heteroatoms. The topological polar surface area (TPSA) is 24.5 Å². The summed E-state index contributed by atoms with van der Waals surface area (Å²) in [5.41, 5.74) is 1.45. The minimum absolute atomic E-state index is 0.688. The zero-order chi connectivity index (χ0) is 14.0. The number of hydrogen-bond donors (Lipinski definition) is 1. The quantitative estimate of drug-likeness (QED) is 0.701. The van der Waals surface area contributed by atoms with Gasteiger partial charge in [-0.2, -0.15) is 0 Å². The first-order chi connectivity index (χ1) is 9.88. The molecule has 1 unspecified atom stereocenters. The van der Waals surface area contributed by atoms with Crippen LogP contribution in [0.2, 0.25) is 0 Å². The molecule has 1 heterocycles. The van der Waals surface area contributed by atoms with E-state index < -0.39 is 0 Å². The van der Waals surface area contributed by atoms with E-state index in [9.17, 15) is 0 Å². The van der Waals surface area contributed by atoms with Crippen molar-refractivity contribution in [3.8, 4) is 0 Å². The van der Waals surface area contributed by atoms with Gasteiger partial charge in [-0.3, -0.25) is 0 Å². The average molecular weight is 276 g/mol. The van der Waals surface area contributed by atoms with E-state index in [0.29, 0.717) is 6.04 Å². The van der Waals surface area contributed by atoms with Gasteiger partial charge in [0.1, 0.15) is 0 Å². The van der Waals surface area contributed by atoms with Crippen LogP contribution in [0.4, 0.5) is 0 Å². The highest BCUT2D eigenvalue weighted by Gasteiger charge is 2.21. The van der Waals surface area contributed by atoms with Gasteiger partial charge in [-0.25, -0.2) is 0 Å². The van der Waals surface area contributed by atoms with E-state index in [-0.39, 0.29) is 0 Å². The summed E-state index contributed by atoms with van der Waals surface area (Å²) in [4.78, 5) is 2.58. The van der Waals surface area contributed by atoms with Gasteiger partial charge < -0.3 is 15.0 Å². The van der Waals surface area contributed by atoms with Crippen LogP contribution in [0.3, 0.4) is 0 Å². The van der Waals surface area contributed by atoms with Crippen LogP contribution >= 0.6 is 0 Å². The lowest BCUT2D eigenvalue weighted by molar-refractivity contribution is 0.192. The molecule has 1 fully saturated rings. The van der Waals surface area contributed by atoms with E-state index in [1.54, 1.807) is 7.11 Å². The Bertz CT molecular complexity index is 355. The Balaban J connectivity index is 1.56. The second kappa shape index (κ2) is 9.11. The Kier molecular flexibility index (Phi) is 7.06. The molecule has 1 atom stereocenters. The highest BCUT2D eigenvalue weighted by Crippen LogP contribution is 2.10. The van der Waals surface area contributed by atoms with E-state index in [1.165, 1.54) is 44.5 Å². The minimum Gasteiger partial charge on any atom is -0.385 e. The summed E-state index contributed by atoms with van der Waals surface area (Å²) in [6.07, 6.45) is 4.84. The highest BCUT2D eigenvalue weighted by molar-refractivity contribution is 5.14. The molecular weight excluding hydrogens is 248 g/mol. The number of hydrogen-bond acceptors (Lipinski definition) is 3. The van der Waals surface area contributed by atoms with Crippen LogP contribution in [0, 0.1) is 0 Å². The molecule has 0 spiro atoms. The van der Waals surface area contributed by atoms with Gasteiger partial charge in [-0.15, -0.1) is 0 Å². The molecule has 0 bridgehead atoms. The number of ether oxygens (including phenoxy) is 1. The molecule has 0 aromatic heterocycles. The summed E-state index contributed by atoms with van der Waals surface area (Å²) in [5.74, 6) is 0. The fourth-order valence-electron chi connectivity index (χ4n) is 2.81. The zero-order valence-electron chi connectivity index (χ0n) is 12.7. The van der Waals surface area contributed by atoms with Gasteiger partial charge in [0, 0.05) is 32.8 Å². The maximum absolute atomic E-state index is 5.07. The van der Waals surface area contributed by atoms with Crippen LogP contribution in [0.5, 0.6) is 0 Å². The first-order valence-electron chi connectivity index (χ1n) is 7.87. The molecule has 1 N–H and O–H groups in total. The van der Waals surface area contributed by atoms with E-state index >= 15 is 0 Å². The fraction of sp³-hybridized carbons (Fsp3) is 0.647. The Labute approximate surface area is 123 Å². The van der Waals surface area contributed by atoms with Crippen LogP contribution < -0.4 is 5.32 Å². The normalized spacial score (nSPS) is 19.6. The summed E-state index contributed by atoms with van der Waals surface area (Å²) in [6, 6.07) is 11.5. The van der Waals surface area contributed by atoms with Crippen molar-refractivity contribution >= 4 is 0 Å². The van der Waals surface area contributed by atoms with Crippen LogP contribution in [0.25, 0.3) is 0 Å². The maximum atomic E-state index is 5.07. The fourth-order valence-corrected chi connectivity index (χ4v) is 2.81. The summed E-state index contributed by atoms with van der Waals surface area (Å²) >= 11 is 0. The average Bonchev–Trinajstić information content (AvgIpc) is 2.94. The zero-order valence-corrected chi connectivity index (χ0v) is 12.7. The van der Waals surface area contributed by atoms with Crippen molar-refractivity contribution in [2.75, 3.05) is 39.9 Å². The first-order valence-corrected chi connectivity index (χ1v) is 7.87. The second-order valence-corrected chi connectivity index (χ2v) is 5.68. The van der Waals surface area contributed by atoms with Crippen molar-refractivity contribution in [2.24, 2.45) is 0 Å². The number of nitrogens with zero attached hydrogens (tertiary/aromatic N) is 1. The molecule has 3 nitrogen and oxygen atoms in total. The largest absolute Gasteiger partial charge is 0.385 e. The Morgan fingerprint density at radius 2 is 2.10 bits per heavy atom. The van der Waals surface area contributed by atoms with Crippen molar-refractivity contribution in [3.63, 3.8) is 0 Å². The molecule has 2 rings (SSSR count). The molecule has 0 saturated carbocycles. The van der Waals surface area contributed by atoms with Crippen LogP contribution in [0.1, 0.15) is 24.8 Å². The molecule has 20 heavy (non-hydrogen) atoms. The van der Waals surface area contributed by atoms with Crippen molar-refractivity contribution < 1.29 is 4.74 Å². The maximum Gasteiger partial charge on any atom is 0.0462 e. The highest BCUT2D eigenvalue weighted by atomic mass is 16.5. The summed E-state index contributed by atoms with van der Waals surface area (Å²) in [7, 11) is 1.77. The molecule has 1 aliphatic heterocycles. The third kappa shape index (κ3) is 5.61. The molecule has 1 aromatic carbocycles. The van der Waals surface area contributed by atoms with Crippen molar-refractivity contribution in [3.05, 3.63) is 35.9 Å². The predicted octanol–water partition coefficient (Wildman–Crippen LogP) is 2.32. The summed E-state index contributed by atoms with van der Waals surface area (Å²) in [5, 5.41) is 3.67. The van der Waals surface area contributed by atoms with Gasteiger partial charge in [-0.1, -0.05) is 30.3 Å². The van der Waals surface area contributed by atoms with Crippen molar-refractivity contribution in [2.45, 2.75) is 31.7 Å². The lowest BCUT2D eigenvalue weighted by Crippen LogP contribution is -2.33. The molecule has 1 saturated heterocycles. The van der Waals surface area contributed by atoms with Crippen LogP contribution in [-0.4, -0.2) is 50.8 Å². The number of likely N-dealkylation sites (tertiary alicyclic amines) is 1. The van der Waals surface area contributed by atoms with E-state index in [2.05, 4.69) is 40.5 Å². The lowest BCUT2D eigenvalue weighted by Gasteiger charge is -2.16. The molecule has 1 aromatic rings. The molecular formula is C17H28N2O. The van der Waals surface area contributed by atoms with Gasteiger partial charge in [0.05, 0.1) is 0 Å². The molecule has 0 radical (unpaired) electrons. The second-order valence-electron chi connectivity index (χ2n) is 5.68. The molecule has 112 valence electrons. The number of rotatable bonds is 9. The van der Waals surface area contributed by atoms with Crippen molar-refractivity contribution in [1.82, 2.24) is 10.2 Å². The van der Waals surface area contributed by atoms with Gasteiger partial charge in [0.2, 0.25) is 0 Å². The predicted molar refractivity (Wildman–Crippen MR) is 84.1 cm³/mol. The Morgan fingerprint density at radius 3 is 2.90 bits per heavy atom. The van der Waals surface area contributed by atoms with Gasteiger partial charge in [0.15, 0.2) is 0 Å². The van der Waals surface area contributed by atoms with Gasteiger partial charge >= 0.3 is 0 Å². The van der Waals surface area contributed by atoms with Crippen LogP contribution in [-0.2, 0) is 11.2 Å². The van der Waals surface area contributed by atoms with E-state index in [0.717, 1.165) is 19.6 Å². The number of benzene rings is 1.